The van der Waals surface area contributed by atoms with Crippen molar-refractivity contribution >= 4 is 32.5 Å². The summed E-state index contributed by atoms with van der Waals surface area (Å²) in [5.41, 5.74) is 7.89. The fourth-order valence-electron chi connectivity index (χ4n) is 5.19. The van der Waals surface area contributed by atoms with Gasteiger partial charge >= 0.3 is 26.2 Å². The number of hydrogen-bond donors (Lipinski definition) is 0. The molecule has 238 valence electrons. The van der Waals surface area contributed by atoms with Gasteiger partial charge in [-0.3, -0.25) is 0 Å². The Hall–Kier alpha value is -3.78. The molecule has 0 aliphatic rings. The minimum atomic E-state index is 0. The van der Waals surface area contributed by atoms with E-state index in [0.29, 0.717) is 0 Å². The number of aryl methyl sites for hydroxylation is 2. The molecule has 0 saturated heterocycles. The van der Waals surface area contributed by atoms with Gasteiger partial charge in [0.15, 0.2) is 0 Å². The molecule has 0 nitrogen and oxygen atoms in total. The summed E-state index contributed by atoms with van der Waals surface area (Å²) in [7, 11) is 0. The Morgan fingerprint density at radius 3 is 1.04 bits per heavy atom. The molecule has 8 aromatic carbocycles. The van der Waals surface area contributed by atoms with Crippen molar-refractivity contribution in [2.75, 3.05) is 0 Å². The second-order valence-corrected chi connectivity index (χ2v) is 10.6. The van der Waals surface area contributed by atoms with Crippen LogP contribution in [0.3, 0.4) is 0 Å². The molecular weight excluding hydrogens is 719 g/mol. The van der Waals surface area contributed by atoms with Crippen molar-refractivity contribution < 1.29 is 51.0 Å². The molecule has 4 radical (unpaired) electrons. The zero-order chi connectivity index (χ0) is 30.4. The van der Waals surface area contributed by atoms with E-state index < -0.39 is 0 Å². The third-order valence-corrected chi connectivity index (χ3v) is 7.17. The van der Waals surface area contributed by atoms with Gasteiger partial charge in [-0.25, -0.2) is 0 Å². The van der Waals surface area contributed by atoms with E-state index in [9.17, 15) is 0 Å². The van der Waals surface area contributed by atoms with Gasteiger partial charge in [0, 0.05) is 11.0 Å². The molecule has 8 aromatic rings. The zero-order valence-corrected chi connectivity index (χ0v) is 32.0. The molecular formula is C44H36Cl2SiZr-4. The molecule has 4 heteroatoms. The summed E-state index contributed by atoms with van der Waals surface area (Å²) in [4.78, 5) is 0. The molecule has 0 unspecified atom stereocenters. The van der Waals surface area contributed by atoms with Crippen LogP contribution >= 0.6 is 0 Å². The van der Waals surface area contributed by atoms with Gasteiger partial charge in [-0.1, -0.05) is 97.8 Å². The van der Waals surface area contributed by atoms with E-state index >= 15 is 0 Å². The van der Waals surface area contributed by atoms with Crippen molar-refractivity contribution in [1.82, 2.24) is 0 Å². The van der Waals surface area contributed by atoms with Gasteiger partial charge in [0.25, 0.3) is 0 Å². The molecule has 0 bridgehead atoms. The van der Waals surface area contributed by atoms with Crippen molar-refractivity contribution in [2.24, 2.45) is 0 Å². The van der Waals surface area contributed by atoms with E-state index in [4.69, 9.17) is 0 Å². The van der Waals surface area contributed by atoms with Crippen LogP contribution in [0.4, 0.5) is 0 Å². The molecule has 48 heavy (non-hydrogen) atoms. The molecule has 0 saturated carbocycles. The van der Waals surface area contributed by atoms with E-state index in [1.807, 2.05) is 60.7 Å². The van der Waals surface area contributed by atoms with Crippen LogP contribution < -0.4 is 24.8 Å². The van der Waals surface area contributed by atoms with E-state index in [1.165, 1.54) is 54.9 Å². The maximum Gasteiger partial charge on any atom is 2.00 e. The Labute approximate surface area is 322 Å². The average Bonchev–Trinajstić information content (AvgIpc) is 3.68. The Balaban J connectivity index is 0.000000339. The summed E-state index contributed by atoms with van der Waals surface area (Å²) in [5.74, 6) is 0. The monoisotopic (exact) mass is 752 g/mol. The Kier molecular flexibility index (Phi) is 20.0. The number of rotatable bonds is 2. The van der Waals surface area contributed by atoms with E-state index in [1.54, 1.807) is 0 Å². The number of fused-ring (bicyclic) bond motifs is 2. The minimum Gasteiger partial charge on any atom is -1.00 e. The SMILES string of the molecule is Cc1cc2c(-c3ccccc3)cccc2[cH-]1.Cc1cc2c(-c3ccccc3)cccc2[cH-]1.[Cl-].[Cl-].[Si].[Zr+2].[c-]1ccccc1.[c-]1ccccc1. The quantitative estimate of drug-likeness (QED) is 0.158. The van der Waals surface area contributed by atoms with Crippen LogP contribution in [-0.2, 0) is 26.2 Å². The first-order valence-electron chi connectivity index (χ1n) is 14.9. The normalized spacial score (nSPS) is 9.21. The van der Waals surface area contributed by atoms with Gasteiger partial charge in [-0.05, 0) is 11.1 Å². The topological polar surface area (TPSA) is 0 Å². The van der Waals surface area contributed by atoms with Crippen LogP contribution in [0.5, 0.6) is 0 Å². The molecule has 0 spiro atoms. The van der Waals surface area contributed by atoms with E-state index in [0.717, 1.165) is 0 Å². The summed E-state index contributed by atoms with van der Waals surface area (Å²) >= 11 is 0. The van der Waals surface area contributed by atoms with E-state index in [2.05, 4.69) is 147 Å². The fourth-order valence-corrected chi connectivity index (χ4v) is 5.19. The Morgan fingerprint density at radius 1 is 0.417 bits per heavy atom. The van der Waals surface area contributed by atoms with Crippen molar-refractivity contribution in [3.63, 3.8) is 0 Å². The van der Waals surface area contributed by atoms with E-state index in [-0.39, 0.29) is 62.0 Å². The predicted molar refractivity (Wildman–Crippen MR) is 196 cm³/mol. The third kappa shape index (κ3) is 12.3. The first-order valence-corrected chi connectivity index (χ1v) is 14.9. The molecule has 0 N–H and O–H groups in total. The van der Waals surface area contributed by atoms with Crippen molar-refractivity contribution in [1.29, 1.82) is 0 Å². The van der Waals surface area contributed by atoms with Crippen LogP contribution in [0, 0.1) is 26.0 Å². The number of benzene rings is 6. The van der Waals surface area contributed by atoms with Gasteiger partial charge in [0.2, 0.25) is 0 Å². The second-order valence-electron chi connectivity index (χ2n) is 10.6. The summed E-state index contributed by atoms with van der Waals surface area (Å²) in [6.07, 6.45) is 0. The zero-order valence-electron chi connectivity index (χ0n) is 27.1. The van der Waals surface area contributed by atoms with Crippen molar-refractivity contribution in [3.05, 3.63) is 205 Å². The molecule has 0 heterocycles. The molecule has 0 atom stereocenters. The number of hydrogen-bond acceptors (Lipinski definition) is 0. The van der Waals surface area contributed by atoms with Crippen LogP contribution in [-0.4, -0.2) is 11.0 Å². The standard InChI is InChI=1S/2C16H13.2C6H5.2ClH.Si.Zr/c2*1-12-10-14-8-5-9-15(16(14)11-12)13-6-3-2-4-7-13;2*1-2-4-6-5-3-1;;;;/h2*2-11H,1H3;2*1-5H;2*1H;;/q4*-1;;;;+2/p-2. The van der Waals surface area contributed by atoms with Gasteiger partial charge in [-0.15, -0.1) is 69.1 Å². The molecule has 8 rings (SSSR count). The summed E-state index contributed by atoms with van der Waals surface area (Å²) in [6.45, 7) is 4.30. The molecule has 0 aliphatic heterocycles. The van der Waals surface area contributed by atoms with Crippen LogP contribution in [0.15, 0.2) is 182 Å². The fraction of sp³-hybridized carbons (Fsp3) is 0.0455. The van der Waals surface area contributed by atoms with Gasteiger partial charge in [0.1, 0.15) is 0 Å². The van der Waals surface area contributed by atoms with Gasteiger partial charge in [0.05, 0.1) is 0 Å². The van der Waals surface area contributed by atoms with Gasteiger partial charge < -0.3 is 24.8 Å². The molecule has 0 fully saturated rings. The Bertz CT molecular complexity index is 1770. The first-order chi connectivity index (χ1) is 21.7. The summed E-state index contributed by atoms with van der Waals surface area (Å²) < 4.78 is 0. The maximum atomic E-state index is 2.89. The molecule has 0 amide bonds. The summed E-state index contributed by atoms with van der Waals surface area (Å²) in [6, 6.07) is 68.1. The van der Waals surface area contributed by atoms with Crippen molar-refractivity contribution in [3.8, 4) is 22.3 Å². The largest absolute Gasteiger partial charge is 2.00 e. The van der Waals surface area contributed by atoms with Crippen LogP contribution in [0.1, 0.15) is 11.1 Å². The molecule has 0 aliphatic carbocycles. The smallest absolute Gasteiger partial charge is 1.00 e. The minimum absolute atomic E-state index is 0. The summed E-state index contributed by atoms with van der Waals surface area (Å²) in [5, 5.41) is 5.37. The third-order valence-electron chi connectivity index (χ3n) is 7.17. The first kappa shape index (κ1) is 42.2. The predicted octanol–water partition coefficient (Wildman–Crippen LogP) is 5.67. The Morgan fingerprint density at radius 2 is 0.750 bits per heavy atom. The van der Waals surface area contributed by atoms with Crippen LogP contribution in [0.2, 0.25) is 0 Å². The number of halogens is 2. The maximum absolute atomic E-state index is 2.89. The van der Waals surface area contributed by atoms with Crippen LogP contribution in [0.25, 0.3) is 43.8 Å². The van der Waals surface area contributed by atoms with Crippen molar-refractivity contribution in [2.45, 2.75) is 13.8 Å². The molecule has 0 aromatic heterocycles. The second kappa shape index (κ2) is 22.7. The van der Waals surface area contributed by atoms with Gasteiger partial charge in [-0.2, -0.15) is 84.9 Å². The average molecular weight is 755 g/mol.